The van der Waals surface area contributed by atoms with E-state index in [2.05, 4.69) is 0 Å². The Bertz CT molecular complexity index is 425. The molecule has 0 aromatic heterocycles. The number of carboxylic acids is 1. The minimum Gasteiger partial charge on any atom is -0.480 e. The van der Waals surface area contributed by atoms with Crippen LogP contribution in [0.15, 0.2) is 24.3 Å². The van der Waals surface area contributed by atoms with Crippen molar-refractivity contribution in [2.45, 2.75) is 27.2 Å². The van der Waals surface area contributed by atoms with Crippen LogP contribution in [-0.4, -0.2) is 23.5 Å². The Morgan fingerprint density at radius 2 is 1.83 bits per heavy atom. The lowest BCUT2D eigenvalue weighted by atomic mass is 10.1. The number of aryl methyl sites for hydroxylation is 1. The number of carbonyl (C=O) groups excluding carboxylic acids is 1. The summed E-state index contributed by atoms with van der Waals surface area (Å²) in [6.07, 6.45) is 0.695. The van der Waals surface area contributed by atoms with Gasteiger partial charge in [-0.25, -0.2) is 0 Å². The van der Waals surface area contributed by atoms with E-state index in [1.807, 2.05) is 32.9 Å². The molecule has 0 saturated carbocycles. The average Bonchev–Trinajstić information content (AvgIpc) is 2.35. The molecule has 0 radical (unpaired) electrons. The molecule has 0 aliphatic heterocycles. The standard InChI is InChI=1S/C14H19NO3/c1-4-11(3)14(18)15(9-13(16)17)12-7-5-10(2)6-8-12/h5-8,11H,4,9H2,1-3H3,(H,16,17). The van der Waals surface area contributed by atoms with E-state index in [4.69, 9.17) is 5.11 Å². The number of aliphatic carboxylic acids is 1. The smallest absolute Gasteiger partial charge is 0.323 e. The highest BCUT2D eigenvalue weighted by Crippen LogP contribution is 2.18. The summed E-state index contributed by atoms with van der Waals surface area (Å²) < 4.78 is 0. The maximum atomic E-state index is 12.2. The van der Waals surface area contributed by atoms with E-state index >= 15 is 0 Å². The van der Waals surface area contributed by atoms with Crippen molar-refractivity contribution >= 4 is 17.6 Å². The molecule has 98 valence electrons. The Morgan fingerprint density at radius 3 is 2.28 bits per heavy atom. The van der Waals surface area contributed by atoms with Crippen LogP contribution in [0.1, 0.15) is 25.8 Å². The number of carbonyl (C=O) groups is 2. The van der Waals surface area contributed by atoms with Crippen LogP contribution < -0.4 is 4.90 Å². The van der Waals surface area contributed by atoms with Crippen molar-refractivity contribution in [2.75, 3.05) is 11.4 Å². The van der Waals surface area contributed by atoms with Crippen molar-refractivity contribution in [1.82, 2.24) is 0 Å². The first-order chi connectivity index (χ1) is 8.45. The van der Waals surface area contributed by atoms with Gasteiger partial charge in [0.25, 0.3) is 0 Å². The predicted molar refractivity (Wildman–Crippen MR) is 70.6 cm³/mol. The van der Waals surface area contributed by atoms with Crippen LogP contribution in [0.5, 0.6) is 0 Å². The number of rotatable bonds is 5. The summed E-state index contributed by atoms with van der Waals surface area (Å²) in [6, 6.07) is 7.29. The molecule has 0 saturated heterocycles. The lowest BCUT2D eigenvalue weighted by Crippen LogP contribution is -2.38. The molecule has 1 amide bonds. The molecule has 0 aliphatic carbocycles. The molecule has 1 aromatic carbocycles. The third-order valence-corrected chi connectivity index (χ3v) is 2.94. The number of nitrogens with zero attached hydrogens (tertiary/aromatic N) is 1. The Kier molecular flexibility index (Phi) is 4.89. The van der Waals surface area contributed by atoms with Crippen LogP contribution in [0.4, 0.5) is 5.69 Å². The molecule has 1 unspecified atom stereocenters. The molecule has 1 aromatic rings. The lowest BCUT2D eigenvalue weighted by Gasteiger charge is -2.24. The monoisotopic (exact) mass is 249 g/mol. The van der Waals surface area contributed by atoms with E-state index in [0.29, 0.717) is 12.1 Å². The highest BCUT2D eigenvalue weighted by Gasteiger charge is 2.22. The Hall–Kier alpha value is -1.84. The van der Waals surface area contributed by atoms with Crippen molar-refractivity contribution in [1.29, 1.82) is 0 Å². The van der Waals surface area contributed by atoms with E-state index in [9.17, 15) is 9.59 Å². The lowest BCUT2D eigenvalue weighted by molar-refractivity contribution is -0.137. The van der Waals surface area contributed by atoms with Gasteiger partial charge in [0.05, 0.1) is 0 Å². The molecule has 18 heavy (non-hydrogen) atoms. The van der Waals surface area contributed by atoms with Crippen molar-refractivity contribution in [3.05, 3.63) is 29.8 Å². The molecule has 0 bridgehead atoms. The zero-order chi connectivity index (χ0) is 13.7. The first-order valence-corrected chi connectivity index (χ1v) is 6.05. The van der Waals surface area contributed by atoms with Crippen molar-refractivity contribution in [3.8, 4) is 0 Å². The topological polar surface area (TPSA) is 57.6 Å². The number of benzene rings is 1. The number of carboxylic acid groups (broad SMARTS) is 1. The van der Waals surface area contributed by atoms with Crippen molar-refractivity contribution < 1.29 is 14.7 Å². The number of hydrogen-bond acceptors (Lipinski definition) is 2. The summed E-state index contributed by atoms with van der Waals surface area (Å²) in [7, 11) is 0. The van der Waals surface area contributed by atoms with Gasteiger partial charge in [0.1, 0.15) is 6.54 Å². The van der Waals surface area contributed by atoms with Gasteiger partial charge in [0, 0.05) is 11.6 Å². The van der Waals surface area contributed by atoms with E-state index in [-0.39, 0.29) is 18.4 Å². The van der Waals surface area contributed by atoms with Gasteiger partial charge in [-0.05, 0) is 25.5 Å². The zero-order valence-corrected chi connectivity index (χ0v) is 11.0. The van der Waals surface area contributed by atoms with Crippen molar-refractivity contribution in [2.24, 2.45) is 5.92 Å². The Morgan fingerprint density at radius 1 is 1.28 bits per heavy atom. The molecule has 0 fully saturated rings. The van der Waals surface area contributed by atoms with E-state index < -0.39 is 5.97 Å². The Balaban J connectivity index is 3.01. The van der Waals surface area contributed by atoms with E-state index in [1.54, 1.807) is 12.1 Å². The minimum absolute atomic E-state index is 0.149. The second-order valence-electron chi connectivity index (χ2n) is 4.46. The fourth-order valence-electron chi connectivity index (χ4n) is 1.60. The van der Waals surface area contributed by atoms with Gasteiger partial charge in [-0.3, -0.25) is 9.59 Å². The third-order valence-electron chi connectivity index (χ3n) is 2.94. The van der Waals surface area contributed by atoms with Crippen molar-refractivity contribution in [3.63, 3.8) is 0 Å². The normalized spacial score (nSPS) is 11.9. The third kappa shape index (κ3) is 3.58. The molecule has 4 nitrogen and oxygen atoms in total. The molecule has 1 rings (SSSR count). The predicted octanol–water partition coefficient (Wildman–Crippen LogP) is 2.46. The van der Waals surface area contributed by atoms with Crippen LogP contribution in [0.25, 0.3) is 0 Å². The summed E-state index contributed by atoms with van der Waals surface area (Å²) in [4.78, 5) is 24.4. The van der Waals surface area contributed by atoms with Crippen LogP contribution >= 0.6 is 0 Å². The first-order valence-electron chi connectivity index (χ1n) is 6.05. The molecule has 0 spiro atoms. The minimum atomic E-state index is -1.01. The average molecular weight is 249 g/mol. The van der Waals surface area contributed by atoms with Gasteiger partial charge in [-0.15, -0.1) is 0 Å². The molecule has 1 N–H and O–H groups in total. The molecule has 0 aliphatic rings. The number of amides is 1. The molecule has 1 atom stereocenters. The van der Waals surface area contributed by atoms with Gasteiger partial charge < -0.3 is 10.0 Å². The second kappa shape index (κ2) is 6.19. The van der Waals surface area contributed by atoms with E-state index in [0.717, 1.165) is 5.56 Å². The molecule has 4 heteroatoms. The van der Waals surface area contributed by atoms with Crippen LogP contribution in [0, 0.1) is 12.8 Å². The summed E-state index contributed by atoms with van der Waals surface area (Å²) in [5.41, 5.74) is 1.71. The van der Waals surface area contributed by atoms with Gasteiger partial charge in [-0.1, -0.05) is 31.5 Å². The zero-order valence-electron chi connectivity index (χ0n) is 11.0. The Labute approximate surface area is 107 Å². The van der Waals surface area contributed by atoms with Gasteiger partial charge >= 0.3 is 5.97 Å². The summed E-state index contributed by atoms with van der Waals surface area (Å²) in [5.74, 6) is -1.33. The van der Waals surface area contributed by atoms with Gasteiger partial charge in [0.2, 0.25) is 5.91 Å². The quantitative estimate of drug-likeness (QED) is 0.872. The van der Waals surface area contributed by atoms with Crippen LogP contribution in [0.2, 0.25) is 0 Å². The van der Waals surface area contributed by atoms with Crippen LogP contribution in [0.3, 0.4) is 0 Å². The highest BCUT2D eigenvalue weighted by atomic mass is 16.4. The SMILES string of the molecule is CCC(C)C(=O)N(CC(=O)O)c1ccc(C)cc1. The molecule has 0 heterocycles. The maximum Gasteiger partial charge on any atom is 0.323 e. The fourth-order valence-corrected chi connectivity index (χ4v) is 1.60. The number of anilines is 1. The van der Waals surface area contributed by atoms with E-state index in [1.165, 1.54) is 4.90 Å². The summed E-state index contributed by atoms with van der Waals surface area (Å²) in [5, 5.41) is 8.91. The largest absolute Gasteiger partial charge is 0.480 e. The summed E-state index contributed by atoms with van der Waals surface area (Å²) in [6.45, 7) is 5.37. The first kappa shape index (κ1) is 14.2. The number of hydrogen-bond donors (Lipinski definition) is 1. The molecular formula is C14H19NO3. The second-order valence-corrected chi connectivity index (χ2v) is 4.46. The van der Waals surface area contributed by atoms with Gasteiger partial charge in [-0.2, -0.15) is 0 Å². The maximum absolute atomic E-state index is 12.2. The van der Waals surface area contributed by atoms with Gasteiger partial charge in [0.15, 0.2) is 0 Å². The summed E-state index contributed by atoms with van der Waals surface area (Å²) >= 11 is 0. The highest BCUT2D eigenvalue weighted by molar-refractivity contribution is 5.98. The fraction of sp³-hybridized carbons (Fsp3) is 0.429. The molecular weight excluding hydrogens is 230 g/mol. The van der Waals surface area contributed by atoms with Crippen LogP contribution in [-0.2, 0) is 9.59 Å².